The van der Waals surface area contributed by atoms with Gasteiger partial charge in [-0.15, -0.1) is 0 Å². The summed E-state index contributed by atoms with van der Waals surface area (Å²) in [4.78, 5) is 4.21. The van der Waals surface area contributed by atoms with Crippen LogP contribution < -0.4 is 5.32 Å². The van der Waals surface area contributed by atoms with Crippen molar-refractivity contribution in [3.63, 3.8) is 0 Å². The third kappa shape index (κ3) is 5.18. The molecule has 8 heteroatoms. The molecule has 20 heavy (non-hydrogen) atoms. The van der Waals surface area contributed by atoms with Gasteiger partial charge in [0.2, 0.25) is 10.0 Å². The molecule has 0 unspecified atom stereocenters. The Morgan fingerprint density at radius 2 is 2.15 bits per heavy atom. The zero-order valence-electron chi connectivity index (χ0n) is 12.7. The highest BCUT2D eigenvalue weighted by molar-refractivity contribution is 7.88. The van der Waals surface area contributed by atoms with Gasteiger partial charge in [0.25, 0.3) is 0 Å². The van der Waals surface area contributed by atoms with E-state index in [2.05, 4.69) is 29.2 Å². The molecule has 0 atom stereocenters. The standard InChI is InChI=1S/C12H25N5O2S/c1-5-16(20(4,18)19)8-6-7-13-9-12-14-10-15-17(12)11(2)3/h10-11,13H,5-9H2,1-4H3. The quantitative estimate of drug-likeness (QED) is 0.677. The zero-order chi connectivity index (χ0) is 15.2. The van der Waals surface area contributed by atoms with E-state index in [0.717, 1.165) is 18.8 Å². The van der Waals surface area contributed by atoms with Gasteiger partial charge in [0.15, 0.2) is 0 Å². The molecule has 0 aliphatic carbocycles. The summed E-state index contributed by atoms with van der Waals surface area (Å²) in [7, 11) is -3.08. The molecule has 0 aliphatic rings. The van der Waals surface area contributed by atoms with Crippen molar-refractivity contribution in [3.05, 3.63) is 12.2 Å². The van der Waals surface area contributed by atoms with Crippen molar-refractivity contribution >= 4 is 10.0 Å². The number of sulfonamides is 1. The molecule has 7 nitrogen and oxygen atoms in total. The second-order valence-electron chi connectivity index (χ2n) is 5.00. The van der Waals surface area contributed by atoms with Crippen molar-refractivity contribution in [2.75, 3.05) is 25.9 Å². The van der Waals surface area contributed by atoms with Crippen LogP contribution in [0.25, 0.3) is 0 Å². The van der Waals surface area contributed by atoms with Crippen LogP contribution in [0.3, 0.4) is 0 Å². The van der Waals surface area contributed by atoms with Crippen LogP contribution in [-0.4, -0.2) is 53.4 Å². The Morgan fingerprint density at radius 3 is 2.70 bits per heavy atom. The normalized spacial score (nSPS) is 12.5. The molecule has 1 heterocycles. The fraction of sp³-hybridized carbons (Fsp3) is 0.833. The molecule has 0 aliphatic heterocycles. The van der Waals surface area contributed by atoms with Crippen LogP contribution in [0, 0.1) is 0 Å². The van der Waals surface area contributed by atoms with Crippen molar-refractivity contribution in [1.29, 1.82) is 0 Å². The molecule has 1 N–H and O–H groups in total. The number of hydrogen-bond donors (Lipinski definition) is 1. The molecule has 116 valence electrons. The van der Waals surface area contributed by atoms with Crippen molar-refractivity contribution in [2.24, 2.45) is 0 Å². The van der Waals surface area contributed by atoms with E-state index in [0.29, 0.717) is 19.6 Å². The molecule has 0 saturated carbocycles. The first kappa shape index (κ1) is 17.1. The second kappa shape index (κ2) is 7.70. The molecule has 0 fully saturated rings. The van der Waals surface area contributed by atoms with E-state index in [9.17, 15) is 8.42 Å². The maximum Gasteiger partial charge on any atom is 0.211 e. The fourth-order valence-electron chi connectivity index (χ4n) is 1.97. The molecular formula is C12H25N5O2S. The summed E-state index contributed by atoms with van der Waals surface area (Å²) in [5, 5.41) is 7.44. The molecule has 0 spiro atoms. The van der Waals surface area contributed by atoms with E-state index in [4.69, 9.17) is 0 Å². The summed E-state index contributed by atoms with van der Waals surface area (Å²) in [6, 6.07) is 0.287. The van der Waals surface area contributed by atoms with Gasteiger partial charge in [-0.1, -0.05) is 6.92 Å². The maximum atomic E-state index is 11.4. The lowest BCUT2D eigenvalue weighted by Crippen LogP contribution is -2.32. The molecule has 0 aromatic carbocycles. The predicted octanol–water partition coefficient (Wildman–Crippen LogP) is 0.620. The minimum absolute atomic E-state index is 0.287. The van der Waals surface area contributed by atoms with Gasteiger partial charge >= 0.3 is 0 Å². The Bertz CT molecular complexity index is 498. The largest absolute Gasteiger partial charge is 0.310 e. The van der Waals surface area contributed by atoms with Gasteiger partial charge < -0.3 is 5.32 Å². The lowest BCUT2D eigenvalue weighted by Gasteiger charge is -2.17. The smallest absolute Gasteiger partial charge is 0.211 e. The highest BCUT2D eigenvalue weighted by atomic mass is 32.2. The van der Waals surface area contributed by atoms with E-state index < -0.39 is 10.0 Å². The Labute approximate surface area is 121 Å². The lowest BCUT2D eigenvalue weighted by molar-refractivity contribution is 0.416. The summed E-state index contributed by atoms with van der Waals surface area (Å²) in [5.74, 6) is 0.899. The zero-order valence-corrected chi connectivity index (χ0v) is 13.5. The lowest BCUT2D eigenvalue weighted by atomic mass is 10.4. The van der Waals surface area contributed by atoms with Crippen LogP contribution in [-0.2, 0) is 16.6 Å². The average molecular weight is 303 g/mol. The van der Waals surface area contributed by atoms with E-state index in [1.54, 1.807) is 6.33 Å². The molecule has 0 amide bonds. The van der Waals surface area contributed by atoms with Gasteiger partial charge in [0.1, 0.15) is 12.2 Å². The topological polar surface area (TPSA) is 80.1 Å². The molecule has 0 bridgehead atoms. The molecule has 1 aromatic rings. The van der Waals surface area contributed by atoms with Gasteiger partial charge in [-0.2, -0.15) is 5.10 Å². The van der Waals surface area contributed by atoms with Crippen molar-refractivity contribution < 1.29 is 8.42 Å². The average Bonchev–Trinajstić information content (AvgIpc) is 2.80. The predicted molar refractivity (Wildman–Crippen MR) is 78.8 cm³/mol. The summed E-state index contributed by atoms with van der Waals surface area (Å²) < 4.78 is 26.2. The molecule has 0 saturated heterocycles. The third-order valence-corrected chi connectivity index (χ3v) is 4.38. The van der Waals surface area contributed by atoms with Crippen LogP contribution in [0.15, 0.2) is 6.33 Å². The minimum Gasteiger partial charge on any atom is -0.310 e. The highest BCUT2D eigenvalue weighted by Gasteiger charge is 2.13. The number of hydrogen-bond acceptors (Lipinski definition) is 5. The Balaban J connectivity index is 2.30. The number of aromatic nitrogens is 3. The van der Waals surface area contributed by atoms with E-state index >= 15 is 0 Å². The number of rotatable bonds is 9. The van der Waals surface area contributed by atoms with Gasteiger partial charge in [-0.3, -0.25) is 0 Å². The number of nitrogens with zero attached hydrogens (tertiary/aromatic N) is 4. The van der Waals surface area contributed by atoms with Crippen LogP contribution in [0.5, 0.6) is 0 Å². The van der Waals surface area contributed by atoms with Crippen LogP contribution >= 0.6 is 0 Å². The molecule has 1 rings (SSSR count). The van der Waals surface area contributed by atoms with Gasteiger partial charge in [0.05, 0.1) is 12.8 Å². The van der Waals surface area contributed by atoms with Gasteiger partial charge in [-0.05, 0) is 26.8 Å². The maximum absolute atomic E-state index is 11.4. The summed E-state index contributed by atoms with van der Waals surface area (Å²) in [6.45, 7) is 8.41. The monoisotopic (exact) mass is 303 g/mol. The van der Waals surface area contributed by atoms with E-state index in [-0.39, 0.29) is 6.04 Å². The molecular weight excluding hydrogens is 278 g/mol. The van der Waals surface area contributed by atoms with E-state index in [1.807, 2.05) is 11.6 Å². The molecule has 1 aromatic heterocycles. The fourth-order valence-corrected chi connectivity index (χ4v) is 2.90. The number of nitrogens with one attached hydrogen (secondary N) is 1. The first-order valence-electron chi connectivity index (χ1n) is 6.90. The molecule has 0 radical (unpaired) electrons. The van der Waals surface area contributed by atoms with Gasteiger partial charge in [-0.25, -0.2) is 22.4 Å². The van der Waals surface area contributed by atoms with Crippen LogP contribution in [0.4, 0.5) is 0 Å². The minimum atomic E-state index is -3.08. The van der Waals surface area contributed by atoms with Crippen molar-refractivity contribution in [1.82, 2.24) is 24.4 Å². The summed E-state index contributed by atoms with van der Waals surface area (Å²) in [5.41, 5.74) is 0. The van der Waals surface area contributed by atoms with Crippen LogP contribution in [0.2, 0.25) is 0 Å². The van der Waals surface area contributed by atoms with Crippen molar-refractivity contribution in [2.45, 2.75) is 39.8 Å². The first-order chi connectivity index (χ1) is 9.36. The SMILES string of the molecule is CCN(CCCNCc1ncnn1C(C)C)S(C)(=O)=O. The van der Waals surface area contributed by atoms with Crippen LogP contribution in [0.1, 0.15) is 39.1 Å². The Kier molecular flexibility index (Phi) is 6.57. The highest BCUT2D eigenvalue weighted by Crippen LogP contribution is 2.04. The first-order valence-corrected chi connectivity index (χ1v) is 8.75. The Hall–Kier alpha value is -0.990. The van der Waals surface area contributed by atoms with Crippen molar-refractivity contribution in [3.8, 4) is 0 Å². The Morgan fingerprint density at radius 1 is 1.45 bits per heavy atom. The third-order valence-electron chi connectivity index (χ3n) is 3.00. The van der Waals surface area contributed by atoms with E-state index in [1.165, 1.54) is 10.6 Å². The summed E-state index contributed by atoms with van der Waals surface area (Å²) in [6.07, 6.45) is 3.57. The summed E-state index contributed by atoms with van der Waals surface area (Å²) >= 11 is 0. The second-order valence-corrected chi connectivity index (χ2v) is 6.98. The van der Waals surface area contributed by atoms with Gasteiger partial charge in [0, 0.05) is 19.1 Å².